The molecule has 0 saturated carbocycles. The van der Waals surface area contributed by atoms with Gasteiger partial charge in [-0.2, -0.15) is 0 Å². The third-order valence-corrected chi connectivity index (χ3v) is 2.56. The quantitative estimate of drug-likeness (QED) is 0.505. The van der Waals surface area contributed by atoms with Crippen molar-refractivity contribution in [1.29, 1.82) is 0 Å². The van der Waals surface area contributed by atoms with Crippen LogP contribution in [0.25, 0.3) is 0 Å². The van der Waals surface area contributed by atoms with Crippen LogP contribution in [0.4, 0.5) is 0 Å². The van der Waals surface area contributed by atoms with E-state index >= 15 is 0 Å². The van der Waals surface area contributed by atoms with E-state index in [4.69, 9.17) is 4.74 Å². The number of hydrogen-bond donors (Lipinski definition) is 0. The van der Waals surface area contributed by atoms with Crippen LogP contribution >= 0.6 is 0 Å². The van der Waals surface area contributed by atoms with Crippen molar-refractivity contribution >= 4 is 26.4 Å². The molecule has 0 N–H and O–H groups in total. The number of hydrogen-bond acceptors (Lipinski definition) is 2. The molecule has 3 heteroatoms. The summed E-state index contributed by atoms with van der Waals surface area (Å²) in [6.07, 6.45) is 0. The third kappa shape index (κ3) is 1.37. The number of aliphatic imine (C=N–C) groups is 1. The van der Waals surface area contributed by atoms with Gasteiger partial charge in [-0.15, -0.1) is 0 Å². The second-order valence-electron chi connectivity index (χ2n) is 2.73. The Morgan fingerprint density at radius 2 is 2.38 bits per heavy atom. The van der Waals surface area contributed by atoms with Crippen molar-refractivity contribution in [2.24, 2.45) is 4.99 Å². The van der Waals surface area contributed by atoms with E-state index in [0.717, 1.165) is 10.5 Å². The predicted molar refractivity (Wildman–Crippen MR) is 37.4 cm³/mol. The van der Waals surface area contributed by atoms with E-state index in [1.165, 1.54) is 0 Å². The molecule has 1 heterocycles. The van der Waals surface area contributed by atoms with Crippen LogP contribution in [0, 0.1) is 0 Å². The minimum absolute atomic E-state index is 0.0843. The van der Waals surface area contributed by atoms with Crippen molar-refractivity contribution < 1.29 is 4.74 Å². The Morgan fingerprint density at radius 1 is 1.75 bits per heavy atom. The van der Waals surface area contributed by atoms with E-state index in [0.29, 0.717) is 22.5 Å². The zero-order valence-electron chi connectivity index (χ0n) is 5.56. The Bertz CT molecular complexity index is 130. The van der Waals surface area contributed by atoms with Crippen molar-refractivity contribution in [3.63, 3.8) is 0 Å². The van der Waals surface area contributed by atoms with Gasteiger partial charge in [0.25, 0.3) is 0 Å². The van der Waals surface area contributed by atoms with Gasteiger partial charge in [0.2, 0.25) is 0 Å². The minimum atomic E-state index is 0.0843. The molecule has 0 aliphatic carbocycles. The molecule has 1 aliphatic rings. The van der Waals surface area contributed by atoms with Crippen molar-refractivity contribution in [2.75, 3.05) is 6.61 Å². The van der Waals surface area contributed by atoms with Gasteiger partial charge < -0.3 is 0 Å². The molecular formula is C5H11NOSn. The monoisotopic (exact) mass is 221 g/mol. The Kier molecular flexibility index (Phi) is 1.52. The summed E-state index contributed by atoms with van der Waals surface area (Å²) in [5.41, 5.74) is 0.0843. The van der Waals surface area contributed by atoms with E-state index in [1.54, 1.807) is 0 Å². The Labute approximate surface area is 62.4 Å². The van der Waals surface area contributed by atoms with Crippen LogP contribution in [0.3, 0.4) is 0 Å². The van der Waals surface area contributed by atoms with Crippen molar-refractivity contribution in [2.45, 2.75) is 19.4 Å². The maximum atomic E-state index is 5.21. The molecule has 0 spiro atoms. The van der Waals surface area contributed by atoms with E-state index in [-0.39, 0.29) is 5.54 Å². The predicted octanol–water partition coefficient (Wildman–Crippen LogP) is -0.483. The summed E-state index contributed by atoms with van der Waals surface area (Å²) in [5, 5.41) is 0. The van der Waals surface area contributed by atoms with E-state index in [1.807, 2.05) is 0 Å². The molecule has 0 fully saturated rings. The standard InChI is InChI=1S/C5H8NO.Sn.3H/c1-5(2)3-7-4-6-5;;;;/h3H2,1-2H3;;;;. The van der Waals surface area contributed by atoms with Gasteiger partial charge >= 0.3 is 62.2 Å². The number of rotatable bonds is 0. The van der Waals surface area contributed by atoms with Gasteiger partial charge in [0.1, 0.15) is 0 Å². The summed E-state index contributed by atoms with van der Waals surface area (Å²) < 4.78 is 6.24. The number of nitrogens with zero attached hydrogens (tertiary/aromatic N) is 1. The second kappa shape index (κ2) is 1.90. The molecule has 0 aromatic carbocycles. The Hall–Kier alpha value is 0.269. The maximum absolute atomic E-state index is 5.21. The van der Waals surface area contributed by atoms with Crippen molar-refractivity contribution in [3.8, 4) is 0 Å². The fraction of sp³-hybridized carbons (Fsp3) is 0.800. The van der Waals surface area contributed by atoms with Crippen LogP contribution in [0.2, 0.25) is 0 Å². The van der Waals surface area contributed by atoms with Crippen LogP contribution < -0.4 is 0 Å². The van der Waals surface area contributed by atoms with Gasteiger partial charge in [-0.05, 0) is 0 Å². The van der Waals surface area contributed by atoms with E-state index in [9.17, 15) is 0 Å². The molecule has 1 aliphatic heterocycles. The molecular weight excluding hydrogens is 209 g/mol. The summed E-state index contributed by atoms with van der Waals surface area (Å²) in [5.74, 6) is 0. The average molecular weight is 220 g/mol. The van der Waals surface area contributed by atoms with Gasteiger partial charge in [-0.25, -0.2) is 0 Å². The molecule has 0 bridgehead atoms. The van der Waals surface area contributed by atoms with Gasteiger partial charge in [0, 0.05) is 0 Å². The summed E-state index contributed by atoms with van der Waals surface area (Å²) in [6, 6.07) is 0. The second-order valence-corrected chi connectivity index (χ2v) is 5.17. The van der Waals surface area contributed by atoms with Gasteiger partial charge in [-0.1, -0.05) is 0 Å². The molecule has 0 aromatic rings. The van der Waals surface area contributed by atoms with Crippen LogP contribution in [-0.2, 0) is 4.74 Å². The summed E-state index contributed by atoms with van der Waals surface area (Å²) in [6.45, 7) is 4.97. The first kappa shape index (κ1) is 6.39. The molecule has 0 saturated heterocycles. The first-order valence-corrected chi connectivity index (χ1v) is 5.65. The zero-order chi connectivity index (χ0) is 6.20. The van der Waals surface area contributed by atoms with Gasteiger partial charge in [0.15, 0.2) is 0 Å². The van der Waals surface area contributed by atoms with Crippen LogP contribution in [0.5, 0.6) is 0 Å². The summed E-state index contributed by atoms with van der Waals surface area (Å²) in [4.78, 5) is 4.31. The van der Waals surface area contributed by atoms with Crippen LogP contribution in [0.1, 0.15) is 13.8 Å². The van der Waals surface area contributed by atoms with E-state index in [2.05, 4.69) is 18.8 Å². The van der Waals surface area contributed by atoms with Crippen molar-refractivity contribution in [3.05, 3.63) is 0 Å². The first-order valence-electron chi connectivity index (χ1n) is 2.79. The molecule has 2 nitrogen and oxygen atoms in total. The summed E-state index contributed by atoms with van der Waals surface area (Å²) in [7, 11) is 0. The Morgan fingerprint density at radius 3 is 2.50 bits per heavy atom. The molecule has 0 amide bonds. The SMILES string of the molecule is CC1(C)CO[C]([SnH3])=N1. The fourth-order valence-corrected chi connectivity index (χ4v) is 2.91. The molecule has 46 valence electrons. The molecule has 0 atom stereocenters. The van der Waals surface area contributed by atoms with Crippen molar-refractivity contribution in [1.82, 2.24) is 0 Å². The topological polar surface area (TPSA) is 21.6 Å². The molecule has 0 unspecified atom stereocenters. The third-order valence-electron chi connectivity index (χ3n) is 1.09. The van der Waals surface area contributed by atoms with Gasteiger partial charge in [-0.3, -0.25) is 0 Å². The van der Waals surface area contributed by atoms with Crippen LogP contribution in [-0.4, -0.2) is 38.6 Å². The first-order chi connectivity index (χ1) is 3.60. The average Bonchev–Trinajstić information content (AvgIpc) is 1.82. The normalized spacial score (nSPS) is 25.0. The molecule has 1 rings (SSSR count). The van der Waals surface area contributed by atoms with E-state index < -0.39 is 0 Å². The molecule has 0 aromatic heterocycles. The molecule has 0 radical (unpaired) electrons. The number of ether oxygens (including phenoxy) is 1. The fourth-order valence-electron chi connectivity index (χ4n) is 0.772. The Balaban J connectivity index is 2.67. The summed E-state index contributed by atoms with van der Waals surface area (Å²) >= 11 is 0.475. The zero-order valence-corrected chi connectivity index (χ0v) is 11.3. The van der Waals surface area contributed by atoms with Gasteiger partial charge in [0.05, 0.1) is 0 Å². The van der Waals surface area contributed by atoms with Crippen LogP contribution in [0.15, 0.2) is 4.99 Å². The molecule has 8 heavy (non-hydrogen) atoms.